The molecule has 0 saturated carbocycles. The van der Waals surface area contributed by atoms with Crippen LogP contribution in [-0.2, 0) is 0 Å². The van der Waals surface area contributed by atoms with Crippen LogP contribution in [0.4, 0.5) is 0 Å². The van der Waals surface area contributed by atoms with Crippen molar-refractivity contribution in [3.8, 4) is 0 Å². The predicted octanol–water partition coefficient (Wildman–Crippen LogP) is 2.37. The number of hydrogen-bond donors (Lipinski definition) is 1. The predicted molar refractivity (Wildman–Crippen MR) is 62.4 cm³/mol. The largest absolute Gasteiger partial charge is 0.400 e. The van der Waals surface area contributed by atoms with Gasteiger partial charge in [-0.1, -0.05) is 13.8 Å². The van der Waals surface area contributed by atoms with Crippen LogP contribution in [0.1, 0.15) is 40.5 Å². The molecule has 0 radical (unpaired) electrons. The molecular weight excluding hydrogens is 174 g/mol. The zero-order valence-corrected chi connectivity index (χ0v) is 10.5. The molecule has 1 unspecified atom stereocenters. The molecule has 1 rings (SSSR count). The summed E-state index contributed by atoms with van der Waals surface area (Å²) in [5.41, 5.74) is 0. The lowest BCUT2D eigenvalue weighted by Gasteiger charge is -2.37. The third-order valence-electron chi connectivity index (χ3n) is 3.16. The SMILES string of the molecule is CC(C)C1CCCN(C(C)C)C1.CO. The molecule has 0 spiro atoms. The van der Waals surface area contributed by atoms with Gasteiger partial charge in [0, 0.05) is 19.7 Å². The fraction of sp³-hybridized carbons (Fsp3) is 1.00. The Morgan fingerprint density at radius 3 is 2.14 bits per heavy atom. The Morgan fingerprint density at radius 1 is 1.14 bits per heavy atom. The van der Waals surface area contributed by atoms with Crippen molar-refractivity contribution in [3.63, 3.8) is 0 Å². The van der Waals surface area contributed by atoms with Crippen molar-refractivity contribution in [2.24, 2.45) is 11.8 Å². The molecule has 1 heterocycles. The zero-order chi connectivity index (χ0) is 11.1. The van der Waals surface area contributed by atoms with Gasteiger partial charge in [0.15, 0.2) is 0 Å². The molecule has 0 aromatic rings. The van der Waals surface area contributed by atoms with Gasteiger partial charge in [-0.25, -0.2) is 0 Å². The van der Waals surface area contributed by atoms with E-state index < -0.39 is 0 Å². The van der Waals surface area contributed by atoms with Crippen LogP contribution in [-0.4, -0.2) is 36.2 Å². The summed E-state index contributed by atoms with van der Waals surface area (Å²) in [4.78, 5) is 2.62. The van der Waals surface area contributed by atoms with E-state index in [4.69, 9.17) is 5.11 Å². The topological polar surface area (TPSA) is 23.5 Å². The average Bonchev–Trinajstić information content (AvgIpc) is 2.21. The lowest BCUT2D eigenvalue weighted by Crippen LogP contribution is -2.41. The number of nitrogens with zero attached hydrogens (tertiary/aromatic N) is 1. The number of aliphatic hydroxyl groups excluding tert-OH is 1. The van der Waals surface area contributed by atoms with E-state index in [-0.39, 0.29) is 0 Å². The highest BCUT2D eigenvalue weighted by Crippen LogP contribution is 2.24. The molecule has 0 aromatic carbocycles. The molecule has 2 heteroatoms. The molecule has 0 bridgehead atoms. The van der Waals surface area contributed by atoms with Gasteiger partial charge in [-0.05, 0) is 45.1 Å². The fourth-order valence-corrected chi connectivity index (χ4v) is 2.05. The van der Waals surface area contributed by atoms with E-state index in [2.05, 4.69) is 32.6 Å². The van der Waals surface area contributed by atoms with E-state index >= 15 is 0 Å². The van der Waals surface area contributed by atoms with Crippen LogP contribution in [0.2, 0.25) is 0 Å². The normalized spacial score (nSPS) is 23.6. The van der Waals surface area contributed by atoms with Crippen LogP contribution in [0.15, 0.2) is 0 Å². The van der Waals surface area contributed by atoms with Gasteiger partial charge in [0.05, 0.1) is 0 Å². The molecule has 1 aliphatic heterocycles. The van der Waals surface area contributed by atoms with E-state index in [0.29, 0.717) is 0 Å². The van der Waals surface area contributed by atoms with Crippen molar-refractivity contribution in [3.05, 3.63) is 0 Å². The van der Waals surface area contributed by atoms with E-state index in [0.717, 1.165) is 25.0 Å². The van der Waals surface area contributed by atoms with Crippen LogP contribution in [0.5, 0.6) is 0 Å². The second kappa shape index (κ2) is 7.24. The molecule has 1 fully saturated rings. The molecule has 1 N–H and O–H groups in total. The summed E-state index contributed by atoms with van der Waals surface area (Å²) in [5.74, 6) is 1.81. The highest BCUT2D eigenvalue weighted by molar-refractivity contribution is 4.76. The maximum Gasteiger partial charge on any atom is 0.0319 e. The summed E-state index contributed by atoms with van der Waals surface area (Å²) in [6.07, 6.45) is 2.85. The number of piperidine rings is 1. The Bertz CT molecular complexity index is 120. The first-order valence-corrected chi connectivity index (χ1v) is 5.80. The van der Waals surface area contributed by atoms with Gasteiger partial charge in [0.2, 0.25) is 0 Å². The van der Waals surface area contributed by atoms with Gasteiger partial charge in [0.1, 0.15) is 0 Å². The first-order valence-electron chi connectivity index (χ1n) is 5.80. The van der Waals surface area contributed by atoms with E-state index in [9.17, 15) is 0 Å². The minimum absolute atomic E-state index is 0.742. The lowest BCUT2D eigenvalue weighted by atomic mass is 9.87. The standard InChI is InChI=1S/C11H23N.CH4O/c1-9(2)11-6-5-7-12(8-11)10(3)4;1-2/h9-11H,5-8H2,1-4H3;2H,1H3. The summed E-state index contributed by atoms with van der Waals surface area (Å²) in [6, 6.07) is 0.742. The van der Waals surface area contributed by atoms with Gasteiger partial charge in [-0.15, -0.1) is 0 Å². The Morgan fingerprint density at radius 2 is 1.71 bits per heavy atom. The van der Waals surface area contributed by atoms with Crippen molar-refractivity contribution < 1.29 is 5.11 Å². The molecule has 1 aliphatic rings. The molecule has 86 valence electrons. The van der Waals surface area contributed by atoms with Crippen molar-refractivity contribution in [2.45, 2.75) is 46.6 Å². The minimum atomic E-state index is 0.742. The second-order valence-electron chi connectivity index (χ2n) is 4.74. The quantitative estimate of drug-likeness (QED) is 0.741. The van der Waals surface area contributed by atoms with Crippen molar-refractivity contribution in [2.75, 3.05) is 20.2 Å². The number of rotatable bonds is 2. The molecule has 2 nitrogen and oxygen atoms in total. The molecule has 1 saturated heterocycles. The summed E-state index contributed by atoms with van der Waals surface area (Å²) in [7, 11) is 1.00. The lowest BCUT2D eigenvalue weighted by molar-refractivity contribution is 0.117. The van der Waals surface area contributed by atoms with E-state index in [1.807, 2.05) is 0 Å². The summed E-state index contributed by atoms with van der Waals surface area (Å²) < 4.78 is 0. The number of likely N-dealkylation sites (tertiary alicyclic amines) is 1. The minimum Gasteiger partial charge on any atom is -0.400 e. The highest BCUT2D eigenvalue weighted by atomic mass is 16.2. The maximum absolute atomic E-state index is 7.00. The Balaban J connectivity index is 0.000000791. The van der Waals surface area contributed by atoms with Crippen LogP contribution in [0, 0.1) is 11.8 Å². The molecule has 0 aliphatic carbocycles. The second-order valence-corrected chi connectivity index (χ2v) is 4.74. The third-order valence-corrected chi connectivity index (χ3v) is 3.16. The summed E-state index contributed by atoms with van der Waals surface area (Å²) in [5, 5.41) is 7.00. The van der Waals surface area contributed by atoms with Gasteiger partial charge >= 0.3 is 0 Å². The van der Waals surface area contributed by atoms with Gasteiger partial charge in [-0.3, -0.25) is 0 Å². The molecule has 0 aromatic heterocycles. The Labute approximate surface area is 89.3 Å². The molecular formula is C12H27NO. The maximum atomic E-state index is 7.00. The van der Waals surface area contributed by atoms with Crippen molar-refractivity contribution in [1.29, 1.82) is 0 Å². The third kappa shape index (κ3) is 4.43. The van der Waals surface area contributed by atoms with Gasteiger partial charge < -0.3 is 10.0 Å². The monoisotopic (exact) mass is 201 g/mol. The van der Waals surface area contributed by atoms with Crippen molar-refractivity contribution >= 4 is 0 Å². The smallest absolute Gasteiger partial charge is 0.0319 e. The van der Waals surface area contributed by atoms with Crippen LogP contribution >= 0.6 is 0 Å². The Hall–Kier alpha value is -0.0800. The first kappa shape index (κ1) is 13.9. The number of hydrogen-bond acceptors (Lipinski definition) is 2. The Kier molecular flexibility index (Phi) is 7.20. The van der Waals surface area contributed by atoms with E-state index in [1.54, 1.807) is 0 Å². The van der Waals surface area contributed by atoms with Crippen molar-refractivity contribution in [1.82, 2.24) is 4.90 Å². The first-order chi connectivity index (χ1) is 6.61. The van der Waals surface area contributed by atoms with Gasteiger partial charge in [-0.2, -0.15) is 0 Å². The number of aliphatic hydroxyl groups is 1. The van der Waals surface area contributed by atoms with E-state index in [1.165, 1.54) is 25.9 Å². The zero-order valence-electron chi connectivity index (χ0n) is 10.5. The summed E-state index contributed by atoms with van der Waals surface area (Å²) in [6.45, 7) is 12.0. The summed E-state index contributed by atoms with van der Waals surface area (Å²) >= 11 is 0. The van der Waals surface area contributed by atoms with Crippen LogP contribution in [0.3, 0.4) is 0 Å². The van der Waals surface area contributed by atoms with Gasteiger partial charge in [0.25, 0.3) is 0 Å². The molecule has 1 atom stereocenters. The average molecular weight is 201 g/mol. The highest BCUT2D eigenvalue weighted by Gasteiger charge is 2.23. The molecule has 14 heavy (non-hydrogen) atoms. The van der Waals surface area contributed by atoms with Crippen LogP contribution < -0.4 is 0 Å². The fourth-order valence-electron chi connectivity index (χ4n) is 2.05. The molecule has 0 amide bonds. The van der Waals surface area contributed by atoms with Crippen LogP contribution in [0.25, 0.3) is 0 Å².